The largest absolute Gasteiger partial charge is 0.327 e. The first-order chi connectivity index (χ1) is 6.65. The Morgan fingerprint density at radius 3 is 2.29 bits per heavy atom. The predicted octanol–water partition coefficient (Wildman–Crippen LogP) is 2.16. The topological polar surface area (TPSA) is 26.0 Å². The van der Waals surface area contributed by atoms with Crippen molar-refractivity contribution < 1.29 is 13.2 Å². The third-order valence-corrected chi connectivity index (χ3v) is 1.73. The lowest BCUT2D eigenvalue weighted by Crippen LogP contribution is -1.96. The Kier molecular flexibility index (Phi) is 3.71. The Labute approximate surface area is 80.0 Å². The van der Waals surface area contributed by atoms with Gasteiger partial charge >= 0.3 is 0 Å². The number of allylic oxidation sites excluding steroid dienone is 1. The van der Waals surface area contributed by atoms with Gasteiger partial charge in [0, 0.05) is 12.6 Å². The van der Waals surface area contributed by atoms with Crippen LogP contribution < -0.4 is 5.73 Å². The highest BCUT2D eigenvalue weighted by Gasteiger charge is 2.07. The summed E-state index contributed by atoms with van der Waals surface area (Å²) in [4.78, 5) is 0. The van der Waals surface area contributed by atoms with E-state index in [1.165, 1.54) is 0 Å². The van der Waals surface area contributed by atoms with Gasteiger partial charge in [0.15, 0.2) is 11.6 Å². The highest BCUT2D eigenvalue weighted by Crippen LogP contribution is 2.14. The lowest BCUT2D eigenvalue weighted by molar-refractivity contribution is 0.491. The Balaban J connectivity index is 2.87. The zero-order valence-electron chi connectivity index (χ0n) is 7.43. The van der Waals surface area contributed by atoms with Crippen LogP contribution in [0.2, 0.25) is 0 Å². The molecule has 2 N–H and O–H groups in total. The number of benzene rings is 1. The first-order valence-corrected chi connectivity index (χ1v) is 4.13. The zero-order chi connectivity index (χ0) is 10.6. The third kappa shape index (κ3) is 2.60. The molecule has 1 aromatic carbocycles. The van der Waals surface area contributed by atoms with Gasteiger partial charge in [-0.25, -0.2) is 13.2 Å². The van der Waals surface area contributed by atoms with E-state index in [2.05, 4.69) is 0 Å². The van der Waals surface area contributed by atoms with Crippen LogP contribution in [0.4, 0.5) is 13.2 Å². The number of nitrogens with two attached hydrogens (primary N) is 1. The van der Waals surface area contributed by atoms with Gasteiger partial charge in [-0.2, -0.15) is 0 Å². The Hall–Kier alpha value is -1.29. The van der Waals surface area contributed by atoms with Gasteiger partial charge < -0.3 is 5.73 Å². The van der Waals surface area contributed by atoms with Gasteiger partial charge in [-0.05, 0) is 18.1 Å². The van der Waals surface area contributed by atoms with Crippen molar-refractivity contribution in [3.63, 3.8) is 0 Å². The minimum Gasteiger partial charge on any atom is -0.327 e. The molecule has 14 heavy (non-hydrogen) atoms. The molecule has 4 heteroatoms. The van der Waals surface area contributed by atoms with Crippen molar-refractivity contribution in [2.45, 2.75) is 6.42 Å². The normalized spacial score (nSPS) is 11.1. The molecule has 1 nitrogen and oxygen atoms in total. The number of rotatable bonds is 3. The van der Waals surface area contributed by atoms with Crippen LogP contribution in [0.3, 0.4) is 0 Å². The predicted molar refractivity (Wildman–Crippen MR) is 48.2 cm³/mol. The maximum Gasteiger partial charge on any atom is 0.161 e. The molecule has 0 aliphatic rings. The van der Waals surface area contributed by atoms with Crippen LogP contribution in [0.25, 0.3) is 0 Å². The van der Waals surface area contributed by atoms with Gasteiger partial charge in [0.25, 0.3) is 0 Å². The van der Waals surface area contributed by atoms with Crippen LogP contribution in [0.5, 0.6) is 0 Å². The fraction of sp³-hybridized carbons (Fsp3) is 0.200. The quantitative estimate of drug-likeness (QED) is 0.588. The minimum atomic E-state index is -1.17. The van der Waals surface area contributed by atoms with Crippen LogP contribution in [-0.2, 0) is 6.42 Å². The van der Waals surface area contributed by atoms with E-state index in [0.29, 0.717) is 12.6 Å². The van der Waals surface area contributed by atoms with Gasteiger partial charge in [-0.15, -0.1) is 0 Å². The van der Waals surface area contributed by atoms with Crippen molar-refractivity contribution in [3.05, 3.63) is 47.3 Å². The van der Waals surface area contributed by atoms with Gasteiger partial charge in [-0.1, -0.05) is 12.2 Å². The van der Waals surface area contributed by atoms with Gasteiger partial charge in [0.1, 0.15) is 5.82 Å². The molecule has 0 spiro atoms. The lowest BCUT2D eigenvalue weighted by Gasteiger charge is -2.00. The second kappa shape index (κ2) is 4.81. The number of hydrogen-bond donors (Lipinski definition) is 1. The van der Waals surface area contributed by atoms with Crippen LogP contribution in [0, 0.1) is 17.5 Å². The van der Waals surface area contributed by atoms with Crippen LogP contribution >= 0.6 is 0 Å². The molecule has 0 aliphatic carbocycles. The SMILES string of the molecule is NC/C=C/Cc1cc(F)c(F)cc1F. The molecule has 1 rings (SSSR count). The van der Waals surface area contributed by atoms with E-state index in [1.54, 1.807) is 12.2 Å². The summed E-state index contributed by atoms with van der Waals surface area (Å²) in [6.45, 7) is 0.339. The summed E-state index contributed by atoms with van der Waals surface area (Å²) >= 11 is 0. The van der Waals surface area contributed by atoms with E-state index < -0.39 is 17.5 Å². The van der Waals surface area contributed by atoms with Crippen LogP contribution in [-0.4, -0.2) is 6.54 Å². The second-order valence-electron chi connectivity index (χ2n) is 2.77. The molecule has 0 amide bonds. The smallest absolute Gasteiger partial charge is 0.161 e. The third-order valence-electron chi connectivity index (χ3n) is 1.73. The summed E-state index contributed by atoms with van der Waals surface area (Å²) in [5.41, 5.74) is 5.29. The van der Waals surface area contributed by atoms with Crippen molar-refractivity contribution in [1.82, 2.24) is 0 Å². The average molecular weight is 201 g/mol. The summed E-state index contributed by atoms with van der Waals surface area (Å²) in [5.74, 6) is -2.96. The van der Waals surface area contributed by atoms with Crippen molar-refractivity contribution >= 4 is 0 Å². The monoisotopic (exact) mass is 201 g/mol. The van der Waals surface area contributed by atoms with Crippen molar-refractivity contribution in [2.24, 2.45) is 5.73 Å². The molecule has 0 saturated heterocycles. The second-order valence-corrected chi connectivity index (χ2v) is 2.77. The number of halogens is 3. The molecule has 0 heterocycles. The summed E-state index contributed by atoms with van der Waals surface area (Å²) in [6, 6.07) is 1.40. The highest BCUT2D eigenvalue weighted by atomic mass is 19.2. The summed E-state index contributed by atoms with van der Waals surface area (Å²) in [6.07, 6.45) is 3.44. The van der Waals surface area contributed by atoms with Gasteiger partial charge in [-0.3, -0.25) is 0 Å². The first kappa shape index (κ1) is 10.8. The Bertz CT molecular complexity index is 347. The molecular formula is C10H10F3N. The highest BCUT2D eigenvalue weighted by molar-refractivity contribution is 5.22. The van der Waals surface area contributed by atoms with E-state index in [0.717, 1.165) is 6.07 Å². The first-order valence-electron chi connectivity index (χ1n) is 4.13. The standard InChI is InChI=1S/C10H10F3N/c11-8-6-10(13)9(12)5-7(8)3-1-2-4-14/h1-2,5-6H,3-4,14H2/b2-1+. The van der Waals surface area contributed by atoms with Crippen molar-refractivity contribution in [3.8, 4) is 0 Å². The molecule has 0 aromatic heterocycles. The molecule has 0 radical (unpaired) electrons. The Morgan fingerprint density at radius 1 is 1.00 bits per heavy atom. The summed E-state index contributed by atoms with van der Waals surface area (Å²) < 4.78 is 38.2. The minimum absolute atomic E-state index is 0.119. The Morgan fingerprint density at radius 2 is 1.64 bits per heavy atom. The van der Waals surface area contributed by atoms with E-state index >= 15 is 0 Å². The van der Waals surface area contributed by atoms with Crippen LogP contribution in [0.1, 0.15) is 5.56 Å². The van der Waals surface area contributed by atoms with Crippen molar-refractivity contribution in [1.29, 1.82) is 0 Å². The van der Waals surface area contributed by atoms with E-state index in [1.807, 2.05) is 0 Å². The molecule has 0 unspecified atom stereocenters. The molecule has 0 aliphatic heterocycles. The molecule has 0 saturated carbocycles. The molecule has 0 bridgehead atoms. The zero-order valence-corrected chi connectivity index (χ0v) is 7.43. The molecule has 1 aromatic rings. The number of hydrogen-bond acceptors (Lipinski definition) is 1. The lowest BCUT2D eigenvalue weighted by atomic mass is 10.1. The van der Waals surface area contributed by atoms with E-state index in [9.17, 15) is 13.2 Å². The van der Waals surface area contributed by atoms with Gasteiger partial charge in [0.2, 0.25) is 0 Å². The molecule has 0 fully saturated rings. The van der Waals surface area contributed by atoms with E-state index in [-0.39, 0.29) is 12.0 Å². The fourth-order valence-corrected chi connectivity index (χ4v) is 1.03. The average Bonchev–Trinajstić information content (AvgIpc) is 2.14. The fourth-order valence-electron chi connectivity index (χ4n) is 1.03. The maximum atomic E-state index is 13.0. The van der Waals surface area contributed by atoms with Crippen LogP contribution in [0.15, 0.2) is 24.3 Å². The van der Waals surface area contributed by atoms with Gasteiger partial charge in [0.05, 0.1) is 0 Å². The summed E-state index contributed by atoms with van der Waals surface area (Å²) in [5, 5.41) is 0. The van der Waals surface area contributed by atoms with E-state index in [4.69, 9.17) is 5.73 Å². The molecule has 76 valence electrons. The summed E-state index contributed by atoms with van der Waals surface area (Å²) in [7, 11) is 0. The maximum absolute atomic E-state index is 13.0. The molecular weight excluding hydrogens is 191 g/mol. The van der Waals surface area contributed by atoms with Crippen molar-refractivity contribution in [2.75, 3.05) is 6.54 Å². The molecule has 0 atom stereocenters.